The molecular formula is C113H125Cl4N13O12S6. The molecule has 12 aromatic carbocycles. The Morgan fingerprint density at radius 1 is 0.277 bits per heavy atom. The zero-order valence-corrected chi connectivity index (χ0v) is 90.3. The molecule has 0 saturated heterocycles. The largest absolute Gasteiger partial charge is 0.508 e. The lowest BCUT2D eigenvalue weighted by molar-refractivity contribution is -0.384. The number of phenolic OH excluding ortho intramolecular Hbond substituents is 10. The summed E-state index contributed by atoms with van der Waals surface area (Å²) in [4.78, 5) is 23.0. The number of rotatable bonds is 17. The molecule has 0 atom stereocenters. The molecule has 12 aromatic rings. The molecule has 148 heavy (non-hydrogen) atoms. The van der Waals surface area contributed by atoms with Gasteiger partial charge in [0.1, 0.15) is 11.5 Å². The highest BCUT2D eigenvalue weighted by Crippen LogP contribution is 2.37. The van der Waals surface area contributed by atoms with E-state index < -0.39 is 4.92 Å². The average Bonchev–Trinajstić information content (AvgIpc) is 1.76. The molecule has 0 saturated carbocycles. The van der Waals surface area contributed by atoms with Crippen LogP contribution >= 0.6 is 120 Å². The van der Waals surface area contributed by atoms with Gasteiger partial charge in [-0.25, -0.2) is 0 Å². The van der Waals surface area contributed by atoms with Crippen molar-refractivity contribution in [2.75, 3.05) is 65.4 Å². The predicted molar refractivity (Wildman–Crippen MR) is 614 cm³/mol. The minimum Gasteiger partial charge on any atom is -0.508 e. The number of aromatic hydroxyl groups is 10. The summed E-state index contributed by atoms with van der Waals surface area (Å²) in [5.41, 5.74) is 21.5. The van der Waals surface area contributed by atoms with E-state index in [0.717, 1.165) is 260 Å². The Hall–Kier alpha value is -12.7. The second-order valence-corrected chi connectivity index (χ2v) is 41.2. The van der Waals surface area contributed by atoms with Gasteiger partial charge in [0.25, 0.3) is 5.69 Å². The van der Waals surface area contributed by atoms with Crippen molar-refractivity contribution in [2.24, 2.45) is 0 Å². The van der Waals surface area contributed by atoms with Gasteiger partial charge in [-0.1, -0.05) is 149 Å². The molecule has 0 aliphatic carbocycles. The molecule has 0 spiro atoms. The number of nitro benzene ring substituents is 1. The van der Waals surface area contributed by atoms with Gasteiger partial charge in [0.15, 0.2) is 76.7 Å². The van der Waals surface area contributed by atoms with Crippen LogP contribution in [0.25, 0.3) is 0 Å². The first kappa shape index (κ1) is 113. The Labute approximate surface area is 917 Å². The molecule has 0 radical (unpaired) electrons. The van der Waals surface area contributed by atoms with Gasteiger partial charge in [-0.15, -0.1) is 0 Å². The first-order valence-electron chi connectivity index (χ1n) is 49.5. The topological polar surface area (TPSA) is 337 Å². The number of nitrogens with zero attached hydrogens (tertiary/aromatic N) is 7. The number of phenols is 10. The monoisotopic (exact) mass is 2190 g/mol. The van der Waals surface area contributed by atoms with Crippen LogP contribution in [-0.2, 0) is 117 Å². The number of aryl methyl sites for hydroxylation is 7. The van der Waals surface area contributed by atoms with Crippen LogP contribution in [0.4, 0.5) is 5.69 Å². The molecular weight excluding hydrogens is 2070 g/mol. The molecule has 18 rings (SSSR count). The average molecular weight is 2190 g/mol. The van der Waals surface area contributed by atoms with Crippen molar-refractivity contribution in [1.29, 1.82) is 0 Å². The van der Waals surface area contributed by atoms with Gasteiger partial charge >= 0.3 is 0 Å². The number of nitrogens with one attached hydrogen (secondary N) is 6. The predicted octanol–water partition coefficient (Wildman–Crippen LogP) is 21.1. The Kier molecular flexibility index (Phi) is 42.6. The third kappa shape index (κ3) is 34.7. The Bertz CT molecular complexity index is 6590. The first-order valence-corrected chi connectivity index (χ1v) is 53.4. The Morgan fingerprint density at radius 3 is 0.845 bits per heavy atom. The number of hydrogen-bond donors (Lipinski definition) is 16. The quantitative estimate of drug-likeness (QED) is 0.0174. The summed E-state index contributed by atoms with van der Waals surface area (Å²) >= 11 is 56.9. The maximum absolute atomic E-state index is 10.7. The maximum atomic E-state index is 10.7. The van der Waals surface area contributed by atoms with Crippen LogP contribution in [0.15, 0.2) is 231 Å². The smallest absolute Gasteiger partial charge is 0.269 e. The zero-order valence-electron chi connectivity index (χ0n) is 82.4. The van der Waals surface area contributed by atoms with Gasteiger partial charge in [0.2, 0.25) is 0 Å². The molecule has 6 heterocycles. The van der Waals surface area contributed by atoms with Crippen LogP contribution in [-0.4, -0.2) is 182 Å². The molecule has 778 valence electrons. The summed E-state index contributed by atoms with van der Waals surface area (Å²) in [5.74, 6) is 0.0186. The Morgan fingerprint density at radius 2 is 0.527 bits per heavy atom. The molecule has 0 aromatic heterocycles. The highest BCUT2D eigenvalue weighted by atomic mass is 35.5. The fourth-order valence-corrected chi connectivity index (χ4v) is 20.1. The van der Waals surface area contributed by atoms with Crippen molar-refractivity contribution in [3.63, 3.8) is 0 Å². The van der Waals surface area contributed by atoms with Gasteiger partial charge in [-0.3, -0.25) is 10.1 Å². The van der Waals surface area contributed by atoms with Gasteiger partial charge < -0.3 is 112 Å². The summed E-state index contributed by atoms with van der Waals surface area (Å²) in [6.07, 6.45) is 14.7. The molecule has 6 aliphatic heterocycles. The van der Waals surface area contributed by atoms with Crippen LogP contribution in [0.1, 0.15) is 144 Å². The molecule has 0 bridgehead atoms. The van der Waals surface area contributed by atoms with Gasteiger partial charge in [0, 0.05) is 150 Å². The van der Waals surface area contributed by atoms with Gasteiger partial charge in [-0.05, 0) is 404 Å². The third-order valence-corrected chi connectivity index (χ3v) is 29.7. The number of nitro groups is 1. The highest BCUT2D eigenvalue weighted by molar-refractivity contribution is 7.81. The van der Waals surface area contributed by atoms with E-state index in [2.05, 4.69) is 87.6 Å². The number of hydrogen-bond acceptors (Lipinski definition) is 18. The lowest BCUT2D eigenvalue weighted by Crippen LogP contribution is -2.40. The summed E-state index contributed by atoms with van der Waals surface area (Å²) in [5, 5.41) is 135. The van der Waals surface area contributed by atoms with Crippen molar-refractivity contribution in [3.8, 4) is 57.5 Å². The molecule has 0 amide bonds. The second kappa shape index (κ2) is 56.1. The van der Waals surface area contributed by atoms with Crippen molar-refractivity contribution in [3.05, 3.63) is 366 Å². The van der Waals surface area contributed by atoms with Crippen LogP contribution in [0, 0.1) is 17.0 Å². The van der Waals surface area contributed by atoms with Crippen LogP contribution < -0.4 is 31.9 Å². The fraction of sp³-hybridized carbons (Fsp3) is 0.310. The van der Waals surface area contributed by atoms with Crippen molar-refractivity contribution >= 4 is 156 Å². The van der Waals surface area contributed by atoms with Crippen LogP contribution in [0.3, 0.4) is 0 Å². The molecule has 16 N–H and O–H groups in total. The minimum atomic E-state index is -0.411. The van der Waals surface area contributed by atoms with Crippen molar-refractivity contribution < 1.29 is 56.0 Å². The van der Waals surface area contributed by atoms with E-state index in [1.165, 1.54) is 51.1 Å². The minimum absolute atomic E-state index is 0.0500. The van der Waals surface area contributed by atoms with Gasteiger partial charge in [0.05, 0.1) is 4.92 Å². The molecule has 25 nitrogen and oxygen atoms in total. The van der Waals surface area contributed by atoms with Crippen LogP contribution in [0.2, 0.25) is 20.1 Å². The fourth-order valence-electron chi connectivity index (χ4n) is 18.1. The maximum Gasteiger partial charge on any atom is 0.269 e. The first-order chi connectivity index (χ1) is 71.2. The van der Waals surface area contributed by atoms with Crippen molar-refractivity contribution in [2.45, 2.75) is 162 Å². The Balaban J connectivity index is 0.000000148. The van der Waals surface area contributed by atoms with Crippen molar-refractivity contribution in [1.82, 2.24) is 61.3 Å². The number of non-ortho nitro benzene ring substituents is 1. The SMILES string of the molecule is Cc1ccc(CCNC(=S)N2CCCc3cc(O)c(O)cc3C2)cc1.O=[N+]([O-])c1ccc(CCNC(=S)N2CCCc3cc(O)c(O)cc3C2)cc1.Oc1cc2c(cc1O)CN(C(=S)NCc1ccc(Cl)cc1)CCC2.Oc1cc2c(cc1O)CN(C(=S)NCc1cccc(Cl)c1)CCC2.Oc1ccc2c(c1)CCCN(C(=S)NCCc1ccc(Cl)cc1)C2.Oc1ccc2c(c1)CN(C(=S)NCCc1ccc(Cl)cc1)CCC2. The van der Waals surface area contributed by atoms with E-state index in [9.17, 15) is 61.2 Å². The van der Waals surface area contributed by atoms with E-state index >= 15 is 0 Å². The van der Waals surface area contributed by atoms with Crippen LogP contribution in [0.5, 0.6) is 57.5 Å². The summed E-state index contributed by atoms with van der Waals surface area (Å²) in [6.45, 7) is 15.6. The molecule has 0 unspecified atom stereocenters. The van der Waals surface area contributed by atoms with E-state index in [1.54, 1.807) is 72.8 Å². The number of halogens is 4. The van der Waals surface area contributed by atoms with E-state index in [-0.39, 0.29) is 51.7 Å². The lowest BCUT2D eigenvalue weighted by atomic mass is 10.0. The lowest BCUT2D eigenvalue weighted by Gasteiger charge is -2.24. The van der Waals surface area contributed by atoms with E-state index in [0.29, 0.717) is 89.1 Å². The standard InChI is InChI=1S/C20H24N2O2S.2C19H21ClN2OS.C19H21N3O4S.2C18H19ClN2O2S/c1-14-4-6-15(7-5-14)8-9-21-20(25)22-10-2-3-16-11-18(23)19(24)12-17(16)13-22;20-17-6-3-14(4-7-17)9-10-21-19(24)22-11-1-2-15-12-18(23)8-5-16(15)13-22;20-17-6-3-14(4-7-17)9-10-21-19(24)22-11-1-2-15-5-8-18(23)12-16(15)13-22;23-17-10-14-2-1-9-21(12-15(14)11-18(17)24)19(27)20-8-7-13-3-5-16(6-4-13)22(25)26;19-15-5-1-3-12(7-15)10-20-18(24)21-6-2-4-13-8-16(22)17(23)9-14(13)11-21;19-15-5-3-12(4-6-15)10-20-18(24)21-7-1-2-13-8-16(22)17(23)9-14(13)11-21/h4-7,11-12,23-24H,2-3,8-10,13H2,1H3,(H,21,25);2*3-8,12,23H,1-2,9-11,13H2,(H,21,24);3-6,10-11,23-24H,1-2,7-9,12H2,(H,20,27);1,3,5,7-9,22-23H,2,4,6,10-11H2,(H,20,24);3-6,8-9,22-23H,1-2,7,10-11H2,(H,20,24). The van der Waals surface area contributed by atoms with E-state index in [4.69, 9.17) is 120 Å². The second-order valence-electron chi connectivity index (χ2n) is 37.2. The summed E-state index contributed by atoms with van der Waals surface area (Å²) in [6, 6.07) is 70.6. The zero-order chi connectivity index (χ0) is 105. The number of thiocarbonyl (C=S) groups is 6. The summed E-state index contributed by atoms with van der Waals surface area (Å²) in [7, 11) is 0. The number of fused-ring (bicyclic) bond motifs is 6. The third-order valence-electron chi connectivity index (χ3n) is 26.2. The summed E-state index contributed by atoms with van der Waals surface area (Å²) < 4.78 is 0. The molecule has 6 aliphatic rings. The highest BCUT2D eigenvalue weighted by Gasteiger charge is 2.27. The molecule has 0 fully saturated rings. The number of benzene rings is 12. The van der Waals surface area contributed by atoms with Gasteiger partial charge in [-0.2, -0.15) is 0 Å². The van der Waals surface area contributed by atoms with E-state index in [1.807, 2.05) is 126 Å². The molecule has 35 heteroatoms. The normalized spacial score (nSPS) is 13.9.